The summed E-state index contributed by atoms with van der Waals surface area (Å²) >= 11 is 0. The lowest BCUT2D eigenvalue weighted by atomic mass is 9.98. The molecule has 0 amide bonds. The van der Waals surface area contributed by atoms with Crippen LogP contribution in [0.3, 0.4) is 0 Å². The molecule has 0 unspecified atom stereocenters. The van der Waals surface area contributed by atoms with E-state index in [1.54, 1.807) is 0 Å². The number of hydrogen-bond donors (Lipinski definition) is 1. The minimum absolute atomic E-state index is 0.0686. The fourth-order valence-electron chi connectivity index (χ4n) is 3.98. The molecule has 8 heteroatoms. The van der Waals surface area contributed by atoms with Crippen molar-refractivity contribution in [3.8, 4) is 0 Å². The quantitative estimate of drug-likeness (QED) is 0.651. The monoisotopic (exact) mass is 431 g/mol. The van der Waals surface area contributed by atoms with Crippen LogP contribution in [0, 0.1) is 11.6 Å². The van der Waals surface area contributed by atoms with Crippen molar-refractivity contribution in [2.45, 2.75) is 23.9 Å². The molecule has 158 valence electrons. The summed E-state index contributed by atoms with van der Waals surface area (Å²) in [4.78, 5) is 1.67. The molecule has 1 atom stereocenters. The van der Waals surface area contributed by atoms with E-state index < -0.39 is 26.6 Å². The number of aryl methyl sites for hydroxylation is 1. The lowest BCUT2D eigenvalue weighted by Crippen LogP contribution is -2.41. The van der Waals surface area contributed by atoms with Gasteiger partial charge in [-0.2, -0.15) is 0 Å². The molecule has 2 heterocycles. The first-order valence-corrected chi connectivity index (χ1v) is 11.2. The maximum atomic E-state index is 14.1. The molecular formula is C22H23F2N3O2S. The van der Waals surface area contributed by atoms with E-state index in [0.717, 1.165) is 30.8 Å². The highest BCUT2D eigenvalue weighted by Crippen LogP contribution is 2.28. The largest absolute Gasteiger partial charge is 0.353 e. The third-order valence-corrected chi connectivity index (χ3v) is 7.03. The maximum absolute atomic E-state index is 14.1. The van der Waals surface area contributed by atoms with Crippen LogP contribution in [0.5, 0.6) is 0 Å². The number of rotatable bonds is 6. The van der Waals surface area contributed by atoms with Crippen molar-refractivity contribution in [1.29, 1.82) is 0 Å². The van der Waals surface area contributed by atoms with Crippen molar-refractivity contribution in [3.05, 3.63) is 89.2 Å². The molecule has 0 radical (unpaired) electrons. The van der Waals surface area contributed by atoms with E-state index in [2.05, 4.69) is 21.8 Å². The SMILES string of the molecule is Cn1cccc1[C@@H](CNS(=O)(=O)c1ccc(F)cc1F)N1CCc2ccccc2C1. The van der Waals surface area contributed by atoms with Gasteiger partial charge in [0, 0.05) is 44.6 Å². The van der Waals surface area contributed by atoms with Crippen molar-refractivity contribution in [2.24, 2.45) is 7.05 Å². The van der Waals surface area contributed by atoms with Crippen LogP contribution < -0.4 is 4.72 Å². The normalized spacial score (nSPS) is 15.7. The average molecular weight is 432 g/mol. The number of aromatic nitrogens is 1. The zero-order chi connectivity index (χ0) is 21.3. The smallest absolute Gasteiger partial charge is 0.243 e. The first-order valence-electron chi connectivity index (χ1n) is 9.72. The summed E-state index contributed by atoms with van der Waals surface area (Å²) in [5.41, 5.74) is 3.47. The summed E-state index contributed by atoms with van der Waals surface area (Å²) in [5.74, 6) is -1.93. The van der Waals surface area contributed by atoms with Gasteiger partial charge in [-0.15, -0.1) is 0 Å². The summed E-state index contributed by atoms with van der Waals surface area (Å²) in [5, 5.41) is 0. The van der Waals surface area contributed by atoms with E-state index in [9.17, 15) is 17.2 Å². The minimum Gasteiger partial charge on any atom is -0.353 e. The molecule has 0 saturated heterocycles. The molecule has 5 nitrogen and oxygen atoms in total. The standard InChI is InChI=1S/C22H23F2N3O2S/c1-26-11-4-7-20(26)21(27-12-10-16-5-2-3-6-17(16)15-27)14-25-30(28,29)22-9-8-18(23)13-19(22)24/h2-9,11,13,21,25H,10,12,14-15H2,1H3/t21-/m1/s1. The van der Waals surface area contributed by atoms with Crippen molar-refractivity contribution in [2.75, 3.05) is 13.1 Å². The third-order valence-electron chi connectivity index (χ3n) is 5.58. The second-order valence-electron chi connectivity index (χ2n) is 7.48. The van der Waals surface area contributed by atoms with E-state index in [4.69, 9.17) is 0 Å². The molecule has 0 bridgehead atoms. The number of nitrogens with zero attached hydrogens (tertiary/aromatic N) is 2. The van der Waals surface area contributed by atoms with Crippen LogP contribution in [-0.2, 0) is 30.0 Å². The summed E-state index contributed by atoms with van der Waals surface area (Å²) in [6.07, 6.45) is 2.78. The Morgan fingerprint density at radius 1 is 1.07 bits per heavy atom. The predicted octanol–water partition coefficient (Wildman–Crippen LogP) is 3.38. The highest BCUT2D eigenvalue weighted by molar-refractivity contribution is 7.89. The van der Waals surface area contributed by atoms with E-state index in [1.165, 1.54) is 11.1 Å². The minimum atomic E-state index is -4.13. The Kier molecular flexibility index (Phi) is 5.73. The zero-order valence-corrected chi connectivity index (χ0v) is 17.4. The second-order valence-corrected chi connectivity index (χ2v) is 9.21. The predicted molar refractivity (Wildman–Crippen MR) is 110 cm³/mol. The zero-order valence-electron chi connectivity index (χ0n) is 16.6. The molecule has 0 saturated carbocycles. The molecule has 0 aliphatic carbocycles. The van der Waals surface area contributed by atoms with Gasteiger partial charge in [0.2, 0.25) is 10.0 Å². The number of nitrogens with one attached hydrogen (secondary N) is 1. The molecule has 4 rings (SSSR count). The van der Waals surface area contributed by atoms with Gasteiger partial charge in [0.25, 0.3) is 0 Å². The van der Waals surface area contributed by atoms with Crippen LogP contribution in [0.15, 0.2) is 65.7 Å². The summed E-state index contributed by atoms with van der Waals surface area (Å²) in [6, 6.07) is 14.3. The van der Waals surface area contributed by atoms with Crippen LogP contribution in [0.4, 0.5) is 8.78 Å². The van der Waals surface area contributed by atoms with Crippen molar-refractivity contribution >= 4 is 10.0 Å². The van der Waals surface area contributed by atoms with E-state index in [0.29, 0.717) is 12.6 Å². The Labute approximate surface area is 175 Å². The number of benzene rings is 2. The Morgan fingerprint density at radius 2 is 1.83 bits per heavy atom. The van der Waals surface area contributed by atoms with Gasteiger partial charge in [0.1, 0.15) is 16.5 Å². The Hall–Kier alpha value is -2.55. The van der Waals surface area contributed by atoms with Crippen LogP contribution in [0.2, 0.25) is 0 Å². The van der Waals surface area contributed by atoms with Gasteiger partial charge in [-0.3, -0.25) is 4.90 Å². The topological polar surface area (TPSA) is 54.3 Å². The fraction of sp³-hybridized carbons (Fsp3) is 0.273. The Balaban J connectivity index is 1.59. The molecule has 30 heavy (non-hydrogen) atoms. The van der Waals surface area contributed by atoms with E-state index >= 15 is 0 Å². The summed E-state index contributed by atoms with van der Waals surface area (Å²) in [6.45, 7) is 1.54. The van der Waals surface area contributed by atoms with Crippen molar-refractivity contribution in [1.82, 2.24) is 14.2 Å². The molecule has 1 aliphatic heterocycles. The third kappa shape index (κ3) is 4.16. The average Bonchev–Trinajstić information content (AvgIpc) is 3.13. The first kappa shape index (κ1) is 20.7. The highest BCUT2D eigenvalue weighted by Gasteiger charge is 2.28. The Morgan fingerprint density at radius 3 is 2.53 bits per heavy atom. The molecule has 1 N–H and O–H groups in total. The molecule has 1 aromatic heterocycles. The highest BCUT2D eigenvalue weighted by atomic mass is 32.2. The van der Waals surface area contributed by atoms with Gasteiger partial charge in [0.05, 0.1) is 6.04 Å². The second kappa shape index (κ2) is 8.29. The van der Waals surface area contributed by atoms with Gasteiger partial charge in [-0.05, 0) is 41.8 Å². The number of fused-ring (bicyclic) bond motifs is 1. The van der Waals surface area contributed by atoms with Gasteiger partial charge < -0.3 is 4.57 Å². The van der Waals surface area contributed by atoms with E-state index in [1.807, 2.05) is 42.1 Å². The van der Waals surface area contributed by atoms with Crippen LogP contribution in [0.25, 0.3) is 0 Å². The van der Waals surface area contributed by atoms with Crippen molar-refractivity contribution < 1.29 is 17.2 Å². The van der Waals surface area contributed by atoms with Crippen LogP contribution >= 0.6 is 0 Å². The van der Waals surface area contributed by atoms with E-state index in [-0.39, 0.29) is 12.6 Å². The molecule has 0 fully saturated rings. The Bertz CT molecular complexity index is 1160. The number of hydrogen-bond acceptors (Lipinski definition) is 3. The molecule has 0 spiro atoms. The maximum Gasteiger partial charge on any atom is 0.243 e. The van der Waals surface area contributed by atoms with Gasteiger partial charge >= 0.3 is 0 Å². The lowest BCUT2D eigenvalue weighted by molar-refractivity contribution is 0.174. The van der Waals surface area contributed by atoms with Gasteiger partial charge in [0.15, 0.2) is 0 Å². The number of halogens is 2. The number of sulfonamides is 1. The molecule has 1 aliphatic rings. The van der Waals surface area contributed by atoms with Crippen LogP contribution in [-0.4, -0.2) is 31.0 Å². The van der Waals surface area contributed by atoms with Gasteiger partial charge in [-0.25, -0.2) is 21.9 Å². The van der Waals surface area contributed by atoms with Gasteiger partial charge in [-0.1, -0.05) is 24.3 Å². The summed E-state index contributed by atoms with van der Waals surface area (Å²) < 4.78 is 57.1. The first-order chi connectivity index (χ1) is 14.3. The lowest BCUT2D eigenvalue weighted by Gasteiger charge is -2.36. The fourth-order valence-corrected chi connectivity index (χ4v) is 5.08. The van der Waals surface area contributed by atoms with Crippen LogP contribution in [0.1, 0.15) is 22.9 Å². The molecule has 3 aromatic rings. The molecule has 2 aromatic carbocycles. The molecular weight excluding hydrogens is 408 g/mol. The van der Waals surface area contributed by atoms with Crippen molar-refractivity contribution in [3.63, 3.8) is 0 Å². The summed E-state index contributed by atoms with van der Waals surface area (Å²) in [7, 11) is -2.22.